The highest BCUT2D eigenvalue weighted by Crippen LogP contribution is 2.21. The molecule has 1 aromatic carbocycles. The average molecular weight is 277 g/mol. The van der Waals surface area contributed by atoms with Gasteiger partial charge in [0.05, 0.1) is 6.10 Å². The van der Waals surface area contributed by atoms with Crippen LogP contribution in [0.25, 0.3) is 0 Å². The number of hydrogen-bond acceptors (Lipinski definition) is 3. The molecule has 2 N–H and O–H groups in total. The molecule has 0 bridgehead atoms. The standard InChI is InChI=1S/C16H23NO3/c1-11-4-3-5-15(12(11)2)20-10-16(19)17-13-6-8-14(18)9-7-13/h3-5,13-14,18H,6-10H2,1-2H3,(H,17,19). The number of ether oxygens (including phenoxy) is 1. The molecule has 1 aromatic rings. The Morgan fingerprint density at radius 3 is 2.70 bits per heavy atom. The first-order valence-electron chi connectivity index (χ1n) is 7.22. The van der Waals surface area contributed by atoms with Gasteiger partial charge in [0.2, 0.25) is 0 Å². The zero-order valence-electron chi connectivity index (χ0n) is 12.2. The lowest BCUT2D eigenvalue weighted by molar-refractivity contribution is -0.124. The Labute approximate surface area is 120 Å². The molecule has 0 spiro atoms. The molecule has 0 saturated heterocycles. The largest absolute Gasteiger partial charge is 0.483 e. The quantitative estimate of drug-likeness (QED) is 0.886. The van der Waals surface area contributed by atoms with Gasteiger partial charge in [-0.2, -0.15) is 0 Å². The fourth-order valence-electron chi connectivity index (χ4n) is 2.51. The predicted octanol–water partition coefficient (Wildman–Crippen LogP) is 2.10. The van der Waals surface area contributed by atoms with E-state index >= 15 is 0 Å². The normalized spacial score (nSPS) is 22.4. The Morgan fingerprint density at radius 1 is 1.30 bits per heavy atom. The van der Waals surface area contributed by atoms with E-state index in [-0.39, 0.29) is 24.7 Å². The summed E-state index contributed by atoms with van der Waals surface area (Å²) in [5.41, 5.74) is 2.23. The van der Waals surface area contributed by atoms with E-state index in [1.807, 2.05) is 32.0 Å². The van der Waals surface area contributed by atoms with Crippen molar-refractivity contribution in [3.8, 4) is 5.75 Å². The molecule has 1 amide bonds. The van der Waals surface area contributed by atoms with Gasteiger partial charge < -0.3 is 15.2 Å². The number of carbonyl (C=O) groups is 1. The Kier molecular flexibility index (Phi) is 5.01. The topological polar surface area (TPSA) is 58.6 Å². The van der Waals surface area contributed by atoms with E-state index in [2.05, 4.69) is 5.32 Å². The second kappa shape index (κ2) is 6.75. The molecule has 0 atom stereocenters. The minimum atomic E-state index is -0.200. The maximum absolute atomic E-state index is 11.9. The smallest absolute Gasteiger partial charge is 0.258 e. The number of carbonyl (C=O) groups excluding carboxylic acids is 1. The molecule has 1 aliphatic rings. The van der Waals surface area contributed by atoms with Gasteiger partial charge >= 0.3 is 0 Å². The second-order valence-electron chi connectivity index (χ2n) is 5.56. The molecule has 4 nitrogen and oxygen atoms in total. The van der Waals surface area contributed by atoms with Crippen LogP contribution in [0.15, 0.2) is 18.2 Å². The van der Waals surface area contributed by atoms with Crippen LogP contribution in [-0.4, -0.2) is 29.8 Å². The SMILES string of the molecule is Cc1cccc(OCC(=O)NC2CCC(O)CC2)c1C. The number of amides is 1. The Morgan fingerprint density at radius 2 is 2.00 bits per heavy atom. The Balaban J connectivity index is 1.79. The Hall–Kier alpha value is -1.55. The van der Waals surface area contributed by atoms with Gasteiger partial charge in [-0.05, 0) is 56.7 Å². The van der Waals surface area contributed by atoms with Crippen molar-refractivity contribution < 1.29 is 14.6 Å². The predicted molar refractivity (Wildman–Crippen MR) is 77.8 cm³/mol. The monoisotopic (exact) mass is 277 g/mol. The van der Waals surface area contributed by atoms with Gasteiger partial charge in [-0.15, -0.1) is 0 Å². The number of rotatable bonds is 4. The molecule has 20 heavy (non-hydrogen) atoms. The van der Waals surface area contributed by atoms with Crippen molar-refractivity contribution >= 4 is 5.91 Å². The average Bonchev–Trinajstić information content (AvgIpc) is 2.43. The first-order chi connectivity index (χ1) is 9.56. The molecule has 110 valence electrons. The lowest BCUT2D eigenvalue weighted by Crippen LogP contribution is -2.40. The number of aliphatic hydroxyl groups excluding tert-OH is 1. The van der Waals surface area contributed by atoms with Gasteiger partial charge in [-0.25, -0.2) is 0 Å². The van der Waals surface area contributed by atoms with Crippen LogP contribution in [0.2, 0.25) is 0 Å². The minimum Gasteiger partial charge on any atom is -0.483 e. The van der Waals surface area contributed by atoms with E-state index in [1.165, 1.54) is 0 Å². The fourth-order valence-corrected chi connectivity index (χ4v) is 2.51. The van der Waals surface area contributed by atoms with Gasteiger partial charge in [0, 0.05) is 6.04 Å². The van der Waals surface area contributed by atoms with Crippen LogP contribution in [0.4, 0.5) is 0 Å². The van der Waals surface area contributed by atoms with Crippen molar-refractivity contribution in [2.45, 2.75) is 51.7 Å². The Bertz CT molecular complexity index is 465. The van der Waals surface area contributed by atoms with E-state index in [0.717, 1.165) is 42.6 Å². The summed E-state index contributed by atoms with van der Waals surface area (Å²) in [4.78, 5) is 11.9. The fraction of sp³-hybridized carbons (Fsp3) is 0.562. The van der Waals surface area contributed by atoms with E-state index in [1.54, 1.807) is 0 Å². The van der Waals surface area contributed by atoms with Crippen LogP contribution < -0.4 is 10.1 Å². The summed E-state index contributed by atoms with van der Waals surface area (Å²) < 4.78 is 5.58. The lowest BCUT2D eigenvalue weighted by Gasteiger charge is -2.26. The van der Waals surface area contributed by atoms with Crippen molar-refractivity contribution in [1.29, 1.82) is 0 Å². The highest BCUT2D eigenvalue weighted by molar-refractivity contribution is 5.77. The molecule has 1 fully saturated rings. The molecule has 0 heterocycles. The molecular formula is C16H23NO3. The van der Waals surface area contributed by atoms with Crippen LogP contribution in [0.1, 0.15) is 36.8 Å². The van der Waals surface area contributed by atoms with Gasteiger partial charge in [0.1, 0.15) is 5.75 Å². The molecule has 0 aromatic heterocycles. The second-order valence-corrected chi connectivity index (χ2v) is 5.56. The summed E-state index contributed by atoms with van der Waals surface area (Å²) in [6.07, 6.45) is 3.02. The third-order valence-corrected chi connectivity index (χ3v) is 3.98. The molecule has 2 rings (SSSR count). The number of nitrogens with one attached hydrogen (secondary N) is 1. The lowest BCUT2D eigenvalue weighted by atomic mass is 9.93. The van der Waals surface area contributed by atoms with Crippen LogP contribution in [0, 0.1) is 13.8 Å². The van der Waals surface area contributed by atoms with Gasteiger partial charge in [-0.3, -0.25) is 4.79 Å². The molecule has 0 aliphatic heterocycles. The van der Waals surface area contributed by atoms with Crippen molar-refractivity contribution in [3.05, 3.63) is 29.3 Å². The summed E-state index contributed by atoms with van der Waals surface area (Å²) in [6, 6.07) is 6.01. The summed E-state index contributed by atoms with van der Waals surface area (Å²) in [5.74, 6) is 0.673. The summed E-state index contributed by atoms with van der Waals surface area (Å²) in [6.45, 7) is 4.06. The third-order valence-electron chi connectivity index (χ3n) is 3.98. The van der Waals surface area contributed by atoms with E-state index < -0.39 is 0 Å². The third kappa shape index (κ3) is 3.97. The number of aliphatic hydroxyl groups is 1. The molecule has 0 unspecified atom stereocenters. The molecular weight excluding hydrogens is 254 g/mol. The highest BCUT2D eigenvalue weighted by Gasteiger charge is 2.20. The minimum absolute atomic E-state index is 0.0450. The van der Waals surface area contributed by atoms with Crippen LogP contribution in [0.5, 0.6) is 5.75 Å². The van der Waals surface area contributed by atoms with Crippen LogP contribution in [0.3, 0.4) is 0 Å². The number of hydrogen-bond donors (Lipinski definition) is 2. The molecule has 0 radical (unpaired) electrons. The first kappa shape index (κ1) is 14.9. The van der Waals surface area contributed by atoms with Crippen molar-refractivity contribution in [1.82, 2.24) is 5.32 Å². The first-order valence-corrected chi connectivity index (χ1v) is 7.22. The summed E-state index contributed by atoms with van der Waals surface area (Å²) in [5, 5.41) is 12.4. The van der Waals surface area contributed by atoms with E-state index in [0.29, 0.717) is 0 Å². The highest BCUT2D eigenvalue weighted by atomic mass is 16.5. The zero-order valence-corrected chi connectivity index (χ0v) is 12.2. The van der Waals surface area contributed by atoms with Gasteiger partial charge in [-0.1, -0.05) is 12.1 Å². The van der Waals surface area contributed by atoms with Gasteiger partial charge in [0.25, 0.3) is 5.91 Å². The van der Waals surface area contributed by atoms with Gasteiger partial charge in [0.15, 0.2) is 6.61 Å². The zero-order chi connectivity index (χ0) is 14.5. The summed E-state index contributed by atoms with van der Waals surface area (Å²) in [7, 11) is 0. The van der Waals surface area contributed by atoms with E-state index in [9.17, 15) is 9.90 Å². The van der Waals surface area contributed by atoms with Crippen LogP contribution in [-0.2, 0) is 4.79 Å². The maximum atomic E-state index is 11.9. The maximum Gasteiger partial charge on any atom is 0.258 e. The number of benzene rings is 1. The number of aryl methyl sites for hydroxylation is 1. The molecule has 1 aliphatic carbocycles. The van der Waals surface area contributed by atoms with Crippen molar-refractivity contribution in [2.75, 3.05) is 6.61 Å². The van der Waals surface area contributed by atoms with Crippen LogP contribution >= 0.6 is 0 Å². The molecule has 1 saturated carbocycles. The van der Waals surface area contributed by atoms with E-state index in [4.69, 9.17) is 4.74 Å². The molecule has 4 heteroatoms. The summed E-state index contributed by atoms with van der Waals surface area (Å²) >= 11 is 0. The van der Waals surface area contributed by atoms with Crippen molar-refractivity contribution in [3.63, 3.8) is 0 Å². The van der Waals surface area contributed by atoms with Crippen molar-refractivity contribution in [2.24, 2.45) is 0 Å².